The first kappa shape index (κ1) is 18.4. The predicted octanol–water partition coefficient (Wildman–Crippen LogP) is 3.05. The van der Waals surface area contributed by atoms with Crippen molar-refractivity contribution in [3.8, 4) is 10.7 Å². The molecule has 3 N–H and O–H groups in total. The van der Waals surface area contributed by atoms with Gasteiger partial charge in [0.15, 0.2) is 10.6 Å². The Morgan fingerprint density at radius 2 is 2.27 bits per heavy atom. The van der Waals surface area contributed by atoms with Gasteiger partial charge in [0, 0.05) is 19.5 Å². The topological polar surface area (TPSA) is 82.9 Å². The summed E-state index contributed by atoms with van der Waals surface area (Å²) < 4.78 is 15.4. The van der Waals surface area contributed by atoms with Gasteiger partial charge in [-0.15, -0.1) is 11.3 Å². The maximum Gasteiger partial charge on any atom is 0.221 e. The van der Waals surface area contributed by atoms with E-state index in [2.05, 4.69) is 15.5 Å². The first-order valence-electron chi connectivity index (χ1n) is 7.94. The molecule has 0 saturated heterocycles. The van der Waals surface area contributed by atoms with Crippen molar-refractivity contribution >= 4 is 29.5 Å². The van der Waals surface area contributed by atoms with E-state index < -0.39 is 11.9 Å². The zero-order valence-corrected chi connectivity index (χ0v) is 15.3. The molecular weight excluding hydrogens is 375 g/mol. The standard InChI is InChI=1S/C17H17FN4O2S2/c18-12-4-1-3-11(9-12)13(23)10-19-15(24)6-7-22-16(20-21-17(22)25)14-5-2-8-26-14/h1-5,8-9,13,23H,6-7,10H2,(H,19,24)(H,21,25). The highest BCUT2D eigenvalue weighted by Crippen LogP contribution is 2.22. The highest BCUT2D eigenvalue weighted by Gasteiger charge is 2.13. The normalized spacial score (nSPS) is 12.1. The number of nitrogens with one attached hydrogen (secondary N) is 2. The van der Waals surface area contributed by atoms with Gasteiger partial charge in [-0.25, -0.2) is 4.39 Å². The number of H-pyrrole nitrogens is 1. The van der Waals surface area contributed by atoms with Crippen molar-refractivity contribution in [1.29, 1.82) is 0 Å². The maximum atomic E-state index is 13.2. The number of hydrogen-bond donors (Lipinski definition) is 3. The van der Waals surface area contributed by atoms with Crippen LogP contribution in [0.25, 0.3) is 10.7 Å². The van der Waals surface area contributed by atoms with Crippen molar-refractivity contribution in [2.75, 3.05) is 6.54 Å². The second kappa shape index (κ2) is 8.35. The van der Waals surface area contributed by atoms with E-state index in [9.17, 15) is 14.3 Å². The van der Waals surface area contributed by atoms with Crippen molar-refractivity contribution in [2.45, 2.75) is 19.1 Å². The van der Waals surface area contributed by atoms with Crippen LogP contribution < -0.4 is 5.32 Å². The van der Waals surface area contributed by atoms with Gasteiger partial charge in [0.25, 0.3) is 0 Å². The molecule has 1 aromatic carbocycles. The van der Waals surface area contributed by atoms with Crippen LogP contribution in [-0.4, -0.2) is 32.3 Å². The molecule has 3 aromatic rings. The van der Waals surface area contributed by atoms with Crippen LogP contribution in [0.3, 0.4) is 0 Å². The van der Waals surface area contributed by atoms with Crippen LogP contribution in [0, 0.1) is 10.6 Å². The molecule has 0 spiro atoms. The van der Waals surface area contributed by atoms with E-state index in [0.29, 0.717) is 22.7 Å². The summed E-state index contributed by atoms with van der Waals surface area (Å²) in [5.74, 6) is 0.0293. The smallest absolute Gasteiger partial charge is 0.221 e. The minimum Gasteiger partial charge on any atom is -0.387 e. The van der Waals surface area contributed by atoms with Gasteiger partial charge < -0.3 is 10.4 Å². The van der Waals surface area contributed by atoms with Crippen molar-refractivity contribution in [2.24, 2.45) is 0 Å². The maximum absolute atomic E-state index is 13.2. The van der Waals surface area contributed by atoms with Crippen LogP contribution in [0.1, 0.15) is 18.1 Å². The Hall–Kier alpha value is -2.36. The van der Waals surface area contributed by atoms with Gasteiger partial charge >= 0.3 is 0 Å². The van der Waals surface area contributed by atoms with Crippen molar-refractivity contribution in [3.05, 3.63) is 57.9 Å². The molecule has 1 atom stereocenters. The molecule has 0 fully saturated rings. The lowest BCUT2D eigenvalue weighted by Gasteiger charge is -2.12. The number of thiophene rings is 1. The number of rotatable bonds is 7. The van der Waals surface area contributed by atoms with E-state index in [1.807, 2.05) is 17.5 Å². The number of aromatic amines is 1. The number of nitrogens with zero attached hydrogens (tertiary/aromatic N) is 2. The third-order valence-corrected chi connectivity index (χ3v) is 4.97. The summed E-state index contributed by atoms with van der Waals surface area (Å²) in [5, 5.41) is 21.6. The van der Waals surface area contributed by atoms with Gasteiger partial charge in [0.1, 0.15) is 5.82 Å². The van der Waals surface area contributed by atoms with Crippen LogP contribution in [0.2, 0.25) is 0 Å². The van der Waals surface area contributed by atoms with E-state index in [1.54, 1.807) is 10.6 Å². The summed E-state index contributed by atoms with van der Waals surface area (Å²) in [5.41, 5.74) is 0.419. The summed E-state index contributed by atoms with van der Waals surface area (Å²) in [6.07, 6.45) is -0.783. The largest absolute Gasteiger partial charge is 0.387 e. The van der Waals surface area contributed by atoms with Gasteiger partial charge in [-0.05, 0) is 41.4 Å². The van der Waals surface area contributed by atoms with Crippen molar-refractivity contribution in [3.63, 3.8) is 0 Å². The summed E-state index contributed by atoms with van der Waals surface area (Å²) in [6, 6.07) is 9.52. The highest BCUT2D eigenvalue weighted by atomic mass is 32.1. The molecule has 2 heterocycles. The lowest BCUT2D eigenvalue weighted by Crippen LogP contribution is -2.29. The molecule has 0 bridgehead atoms. The molecule has 3 rings (SSSR count). The molecule has 0 aliphatic carbocycles. The number of carbonyl (C=O) groups excluding carboxylic acids is 1. The molecule has 26 heavy (non-hydrogen) atoms. The number of aliphatic hydroxyl groups excluding tert-OH is 1. The van der Waals surface area contributed by atoms with Gasteiger partial charge in [-0.1, -0.05) is 18.2 Å². The average Bonchev–Trinajstić information content (AvgIpc) is 3.27. The lowest BCUT2D eigenvalue weighted by molar-refractivity contribution is -0.121. The summed E-state index contributed by atoms with van der Waals surface area (Å²) >= 11 is 6.76. The quantitative estimate of drug-likeness (QED) is 0.540. The molecular formula is C17H17FN4O2S2. The first-order chi connectivity index (χ1) is 12.5. The molecule has 1 amide bonds. The third kappa shape index (κ3) is 4.43. The number of carbonyl (C=O) groups is 1. The first-order valence-corrected chi connectivity index (χ1v) is 9.22. The van der Waals surface area contributed by atoms with Crippen LogP contribution in [0.15, 0.2) is 41.8 Å². The Bertz CT molecular complexity index is 936. The number of aliphatic hydroxyl groups is 1. The molecule has 0 radical (unpaired) electrons. The fourth-order valence-electron chi connectivity index (χ4n) is 2.46. The Labute approximate surface area is 158 Å². The van der Waals surface area contributed by atoms with Crippen LogP contribution in [-0.2, 0) is 11.3 Å². The molecule has 0 aliphatic heterocycles. The number of benzene rings is 1. The van der Waals surface area contributed by atoms with Gasteiger partial charge in [-0.2, -0.15) is 5.10 Å². The number of aromatic nitrogens is 3. The van der Waals surface area contributed by atoms with Gasteiger partial charge in [0.05, 0.1) is 11.0 Å². The molecule has 9 heteroatoms. The van der Waals surface area contributed by atoms with Crippen molar-refractivity contribution < 1.29 is 14.3 Å². The Balaban J connectivity index is 1.55. The zero-order valence-electron chi connectivity index (χ0n) is 13.7. The van der Waals surface area contributed by atoms with Gasteiger partial charge in [0.2, 0.25) is 5.91 Å². The molecule has 1 unspecified atom stereocenters. The average molecular weight is 392 g/mol. The number of amides is 1. The van der Waals surface area contributed by atoms with E-state index in [4.69, 9.17) is 12.2 Å². The summed E-state index contributed by atoms with van der Waals surface area (Å²) in [7, 11) is 0. The molecule has 2 aromatic heterocycles. The second-order valence-corrected chi connectivity index (χ2v) is 6.94. The van der Waals surface area contributed by atoms with E-state index >= 15 is 0 Å². The lowest BCUT2D eigenvalue weighted by atomic mass is 10.1. The van der Waals surface area contributed by atoms with E-state index in [0.717, 1.165) is 4.88 Å². The number of halogens is 1. The predicted molar refractivity (Wildman–Crippen MR) is 99.7 cm³/mol. The van der Waals surface area contributed by atoms with E-state index in [-0.39, 0.29) is 18.9 Å². The fourth-order valence-corrected chi connectivity index (χ4v) is 3.41. The van der Waals surface area contributed by atoms with Crippen LogP contribution in [0.4, 0.5) is 4.39 Å². The SMILES string of the molecule is O=C(CCn1c(-c2cccs2)n[nH]c1=S)NCC(O)c1cccc(F)c1. The second-order valence-electron chi connectivity index (χ2n) is 5.61. The Morgan fingerprint density at radius 1 is 1.42 bits per heavy atom. The molecule has 0 saturated carbocycles. The minimum absolute atomic E-state index is 0.0108. The summed E-state index contributed by atoms with van der Waals surface area (Å²) in [4.78, 5) is 13.0. The summed E-state index contributed by atoms with van der Waals surface area (Å²) in [6.45, 7) is 0.376. The van der Waals surface area contributed by atoms with Crippen molar-refractivity contribution in [1.82, 2.24) is 20.1 Å². The number of hydrogen-bond acceptors (Lipinski definition) is 5. The monoisotopic (exact) mass is 392 g/mol. The molecule has 6 nitrogen and oxygen atoms in total. The van der Waals surface area contributed by atoms with E-state index in [1.165, 1.54) is 29.5 Å². The van der Waals surface area contributed by atoms with Crippen LogP contribution in [0.5, 0.6) is 0 Å². The van der Waals surface area contributed by atoms with Gasteiger partial charge in [-0.3, -0.25) is 14.5 Å². The highest BCUT2D eigenvalue weighted by molar-refractivity contribution is 7.71. The minimum atomic E-state index is -0.965. The Kier molecular flexibility index (Phi) is 5.92. The molecule has 0 aliphatic rings. The Morgan fingerprint density at radius 3 is 3.00 bits per heavy atom. The van der Waals surface area contributed by atoms with Crippen LogP contribution >= 0.6 is 23.6 Å². The third-order valence-electron chi connectivity index (χ3n) is 3.79. The zero-order chi connectivity index (χ0) is 18.5. The molecule has 136 valence electrons. The fraction of sp³-hybridized carbons (Fsp3) is 0.235.